The van der Waals surface area contributed by atoms with Gasteiger partial charge in [-0.15, -0.1) is 0 Å². The summed E-state index contributed by atoms with van der Waals surface area (Å²) in [5.41, 5.74) is 1.76. The Kier molecular flexibility index (Phi) is 6.93. The van der Waals surface area contributed by atoms with Crippen molar-refractivity contribution in [1.29, 1.82) is 0 Å². The molecule has 0 radical (unpaired) electrons. The van der Waals surface area contributed by atoms with Crippen molar-refractivity contribution in [2.24, 2.45) is 0 Å². The molecule has 2 saturated heterocycles. The van der Waals surface area contributed by atoms with Crippen molar-refractivity contribution in [3.63, 3.8) is 0 Å². The standard InChI is InChI=1S/C22H26N4O4S/c27-20(15-24-5-7-25(8-6-24)22(29)18-4-11-30-16-18)23-19-3-1-2-17(14-19)21(28)26-9-12-31-13-10-26/h1-4,11,14,16H,5-10,12-13,15H2,(H,23,27). The van der Waals surface area contributed by atoms with Crippen LogP contribution in [0.1, 0.15) is 20.7 Å². The maximum absolute atomic E-state index is 12.7. The molecule has 3 heterocycles. The Bertz CT molecular complexity index is 919. The number of hydrogen-bond acceptors (Lipinski definition) is 6. The lowest BCUT2D eigenvalue weighted by Gasteiger charge is -2.34. The van der Waals surface area contributed by atoms with E-state index >= 15 is 0 Å². The summed E-state index contributed by atoms with van der Waals surface area (Å²) >= 11 is 1.86. The lowest BCUT2D eigenvalue weighted by molar-refractivity contribution is -0.117. The van der Waals surface area contributed by atoms with Crippen LogP contribution in [-0.4, -0.2) is 89.7 Å². The normalized spacial score (nSPS) is 17.4. The molecule has 1 aromatic carbocycles. The number of nitrogens with zero attached hydrogens (tertiary/aromatic N) is 3. The second-order valence-corrected chi connectivity index (χ2v) is 8.84. The molecule has 31 heavy (non-hydrogen) atoms. The molecule has 2 aliphatic heterocycles. The van der Waals surface area contributed by atoms with Gasteiger partial charge in [-0.05, 0) is 24.3 Å². The highest BCUT2D eigenvalue weighted by Gasteiger charge is 2.24. The lowest BCUT2D eigenvalue weighted by atomic mass is 10.1. The molecule has 2 fully saturated rings. The van der Waals surface area contributed by atoms with Crippen LogP contribution in [0.5, 0.6) is 0 Å². The molecule has 0 unspecified atom stereocenters. The Morgan fingerprint density at radius 1 is 0.903 bits per heavy atom. The predicted molar refractivity (Wildman–Crippen MR) is 119 cm³/mol. The molecule has 0 atom stereocenters. The number of piperazine rings is 1. The molecule has 0 saturated carbocycles. The van der Waals surface area contributed by atoms with Crippen LogP contribution in [0.25, 0.3) is 0 Å². The topological polar surface area (TPSA) is 86.1 Å². The second-order valence-electron chi connectivity index (χ2n) is 7.61. The Morgan fingerprint density at radius 2 is 1.61 bits per heavy atom. The molecule has 2 aromatic rings. The fourth-order valence-corrected chi connectivity index (χ4v) is 4.66. The van der Waals surface area contributed by atoms with Crippen molar-refractivity contribution in [2.45, 2.75) is 0 Å². The minimum atomic E-state index is -0.131. The van der Waals surface area contributed by atoms with E-state index in [0.717, 1.165) is 24.6 Å². The summed E-state index contributed by atoms with van der Waals surface area (Å²) in [6, 6.07) is 8.77. The van der Waals surface area contributed by atoms with Crippen LogP contribution in [0, 0.1) is 0 Å². The quantitative estimate of drug-likeness (QED) is 0.761. The first-order chi connectivity index (χ1) is 15.1. The number of rotatable bonds is 5. The van der Waals surface area contributed by atoms with E-state index in [2.05, 4.69) is 5.32 Å². The van der Waals surface area contributed by atoms with E-state index in [-0.39, 0.29) is 24.3 Å². The largest absolute Gasteiger partial charge is 0.472 e. The van der Waals surface area contributed by atoms with Gasteiger partial charge in [0.15, 0.2) is 0 Å². The highest BCUT2D eigenvalue weighted by Crippen LogP contribution is 2.16. The highest BCUT2D eigenvalue weighted by atomic mass is 32.2. The van der Waals surface area contributed by atoms with Gasteiger partial charge in [0.1, 0.15) is 6.26 Å². The van der Waals surface area contributed by atoms with Crippen molar-refractivity contribution in [3.05, 3.63) is 54.0 Å². The monoisotopic (exact) mass is 442 g/mol. The predicted octanol–water partition coefficient (Wildman–Crippen LogP) is 1.87. The van der Waals surface area contributed by atoms with Gasteiger partial charge in [0, 0.05) is 62.0 Å². The van der Waals surface area contributed by atoms with E-state index in [4.69, 9.17) is 4.42 Å². The zero-order valence-corrected chi connectivity index (χ0v) is 18.1. The molecule has 4 rings (SSSR count). The molecule has 1 aromatic heterocycles. The Balaban J connectivity index is 1.26. The number of furan rings is 1. The number of carbonyl (C=O) groups excluding carboxylic acids is 3. The fourth-order valence-electron chi connectivity index (χ4n) is 3.76. The van der Waals surface area contributed by atoms with Gasteiger partial charge < -0.3 is 19.5 Å². The van der Waals surface area contributed by atoms with Crippen LogP contribution < -0.4 is 5.32 Å². The van der Waals surface area contributed by atoms with Crippen molar-refractivity contribution >= 4 is 35.2 Å². The molecule has 1 N–H and O–H groups in total. The third-order valence-electron chi connectivity index (χ3n) is 5.49. The molecule has 164 valence electrons. The fraction of sp³-hybridized carbons (Fsp3) is 0.409. The summed E-state index contributed by atoms with van der Waals surface area (Å²) in [4.78, 5) is 43.2. The van der Waals surface area contributed by atoms with Gasteiger partial charge in [-0.1, -0.05) is 6.07 Å². The summed E-state index contributed by atoms with van der Waals surface area (Å²) in [5.74, 6) is 1.75. The number of hydrogen-bond donors (Lipinski definition) is 1. The van der Waals surface area contributed by atoms with Gasteiger partial charge in [0.2, 0.25) is 5.91 Å². The van der Waals surface area contributed by atoms with Crippen LogP contribution in [0.2, 0.25) is 0 Å². The molecular weight excluding hydrogens is 416 g/mol. The van der Waals surface area contributed by atoms with Gasteiger partial charge in [0.25, 0.3) is 11.8 Å². The number of benzene rings is 1. The zero-order valence-electron chi connectivity index (χ0n) is 17.3. The average Bonchev–Trinajstić information content (AvgIpc) is 3.34. The molecular formula is C22H26N4O4S. The smallest absolute Gasteiger partial charge is 0.257 e. The van der Waals surface area contributed by atoms with Crippen molar-refractivity contribution < 1.29 is 18.8 Å². The van der Waals surface area contributed by atoms with Gasteiger partial charge in [-0.25, -0.2) is 0 Å². The van der Waals surface area contributed by atoms with E-state index in [0.29, 0.717) is 43.0 Å². The SMILES string of the molecule is O=C(CN1CCN(C(=O)c2ccoc2)CC1)Nc1cccc(C(=O)N2CCSCC2)c1. The Morgan fingerprint density at radius 3 is 2.32 bits per heavy atom. The van der Waals surface area contributed by atoms with Crippen LogP contribution in [0.4, 0.5) is 5.69 Å². The maximum Gasteiger partial charge on any atom is 0.257 e. The molecule has 3 amide bonds. The minimum absolute atomic E-state index is 0.00908. The Labute approximate surface area is 185 Å². The Hall–Kier alpha value is -2.78. The molecule has 0 spiro atoms. The lowest BCUT2D eigenvalue weighted by Crippen LogP contribution is -2.50. The number of nitrogens with one attached hydrogen (secondary N) is 1. The first-order valence-corrected chi connectivity index (χ1v) is 11.6. The number of anilines is 1. The van der Waals surface area contributed by atoms with Gasteiger partial charge in [-0.3, -0.25) is 19.3 Å². The van der Waals surface area contributed by atoms with Crippen molar-refractivity contribution in [3.8, 4) is 0 Å². The van der Waals surface area contributed by atoms with Gasteiger partial charge in [-0.2, -0.15) is 11.8 Å². The van der Waals surface area contributed by atoms with Gasteiger partial charge >= 0.3 is 0 Å². The summed E-state index contributed by atoms with van der Waals surface area (Å²) < 4.78 is 4.98. The first kappa shape index (κ1) is 21.5. The number of thioether (sulfide) groups is 1. The zero-order chi connectivity index (χ0) is 21.6. The van der Waals surface area contributed by atoms with Crippen molar-refractivity contribution in [2.75, 3.05) is 62.6 Å². The van der Waals surface area contributed by atoms with E-state index < -0.39 is 0 Å². The average molecular weight is 443 g/mol. The van der Waals surface area contributed by atoms with Crippen LogP contribution >= 0.6 is 11.8 Å². The minimum Gasteiger partial charge on any atom is -0.472 e. The van der Waals surface area contributed by atoms with Crippen LogP contribution in [-0.2, 0) is 4.79 Å². The molecule has 8 nitrogen and oxygen atoms in total. The van der Waals surface area contributed by atoms with Gasteiger partial charge in [0.05, 0.1) is 18.4 Å². The van der Waals surface area contributed by atoms with E-state index in [1.807, 2.05) is 21.6 Å². The van der Waals surface area contributed by atoms with Crippen molar-refractivity contribution in [1.82, 2.24) is 14.7 Å². The van der Waals surface area contributed by atoms with Crippen LogP contribution in [0.3, 0.4) is 0 Å². The summed E-state index contributed by atoms with van der Waals surface area (Å²) in [5, 5.41) is 2.90. The van der Waals surface area contributed by atoms with Crippen LogP contribution in [0.15, 0.2) is 47.3 Å². The highest BCUT2D eigenvalue weighted by molar-refractivity contribution is 7.99. The maximum atomic E-state index is 12.7. The molecule has 9 heteroatoms. The van der Waals surface area contributed by atoms with E-state index in [1.165, 1.54) is 12.5 Å². The van der Waals surface area contributed by atoms with E-state index in [1.54, 1.807) is 35.2 Å². The van der Waals surface area contributed by atoms with E-state index in [9.17, 15) is 14.4 Å². The third kappa shape index (κ3) is 5.48. The molecule has 0 bridgehead atoms. The first-order valence-electron chi connectivity index (χ1n) is 10.4. The molecule has 0 aliphatic carbocycles. The summed E-state index contributed by atoms with van der Waals surface area (Å²) in [7, 11) is 0. The second kappa shape index (κ2) is 10.0. The number of carbonyl (C=O) groups is 3. The third-order valence-corrected chi connectivity index (χ3v) is 6.43. The molecule has 2 aliphatic rings. The summed E-state index contributed by atoms with van der Waals surface area (Å²) in [6.45, 7) is 4.15. The number of amides is 3. The summed E-state index contributed by atoms with van der Waals surface area (Å²) in [6.07, 6.45) is 2.94.